The van der Waals surface area contributed by atoms with Gasteiger partial charge in [0.15, 0.2) is 0 Å². The molecule has 0 aromatic heterocycles. The standard InChI is InChI=1S/C24H28N4O3/c29-22(12-11-19-7-3-1-4-8-19)25-17-23(30)26-21-13-15-28(16-14-21)18-24(31)27-20-9-5-2-6-10-20/h1-12,21H,13-18H2,(H,25,29)(H,26,30)(H,27,31)/b12-11+. The number of carbonyl (C=O) groups is 3. The zero-order chi connectivity index (χ0) is 21.9. The van der Waals surface area contributed by atoms with Crippen molar-refractivity contribution < 1.29 is 14.4 Å². The zero-order valence-electron chi connectivity index (χ0n) is 17.4. The summed E-state index contributed by atoms with van der Waals surface area (Å²) in [4.78, 5) is 38.2. The molecule has 3 N–H and O–H groups in total. The van der Waals surface area contributed by atoms with Crippen molar-refractivity contribution in [1.29, 1.82) is 0 Å². The van der Waals surface area contributed by atoms with Gasteiger partial charge in [0.1, 0.15) is 0 Å². The van der Waals surface area contributed by atoms with Crippen LogP contribution in [0.1, 0.15) is 18.4 Å². The van der Waals surface area contributed by atoms with Gasteiger partial charge >= 0.3 is 0 Å². The summed E-state index contributed by atoms with van der Waals surface area (Å²) < 4.78 is 0. The molecule has 31 heavy (non-hydrogen) atoms. The van der Waals surface area contributed by atoms with Gasteiger partial charge in [-0.3, -0.25) is 19.3 Å². The van der Waals surface area contributed by atoms with Crippen molar-refractivity contribution in [3.8, 4) is 0 Å². The van der Waals surface area contributed by atoms with E-state index < -0.39 is 0 Å². The monoisotopic (exact) mass is 420 g/mol. The fourth-order valence-electron chi connectivity index (χ4n) is 3.40. The minimum absolute atomic E-state index is 0.0417. The maximum Gasteiger partial charge on any atom is 0.244 e. The van der Waals surface area contributed by atoms with Crippen LogP contribution in [0.15, 0.2) is 66.7 Å². The van der Waals surface area contributed by atoms with Crippen molar-refractivity contribution >= 4 is 29.5 Å². The summed E-state index contributed by atoms with van der Waals surface area (Å²) in [6, 6.07) is 18.9. The molecule has 1 saturated heterocycles. The molecule has 0 aliphatic carbocycles. The van der Waals surface area contributed by atoms with E-state index in [2.05, 4.69) is 20.9 Å². The van der Waals surface area contributed by atoms with Crippen molar-refractivity contribution in [2.45, 2.75) is 18.9 Å². The third-order valence-corrected chi connectivity index (χ3v) is 5.03. The molecule has 0 radical (unpaired) electrons. The fraction of sp³-hybridized carbons (Fsp3) is 0.292. The largest absolute Gasteiger partial charge is 0.352 e. The van der Waals surface area contributed by atoms with Crippen LogP contribution in [-0.2, 0) is 14.4 Å². The molecule has 0 spiro atoms. The van der Waals surface area contributed by atoms with Gasteiger partial charge in [-0.2, -0.15) is 0 Å². The highest BCUT2D eigenvalue weighted by Gasteiger charge is 2.22. The maximum absolute atomic E-state index is 12.2. The molecule has 162 valence electrons. The Kier molecular flexibility index (Phi) is 8.37. The summed E-state index contributed by atoms with van der Waals surface area (Å²) in [5.74, 6) is -0.556. The second kappa shape index (κ2) is 11.7. The van der Waals surface area contributed by atoms with Gasteiger partial charge < -0.3 is 16.0 Å². The molecule has 7 heteroatoms. The van der Waals surface area contributed by atoms with Crippen LogP contribution in [0.5, 0.6) is 0 Å². The minimum Gasteiger partial charge on any atom is -0.352 e. The topological polar surface area (TPSA) is 90.5 Å². The van der Waals surface area contributed by atoms with Gasteiger partial charge in [-0.25, -0.2) is 0 Å². The lowest BCUT2D eigenvalue weighted by Crippen LogP contribution is -2.48. The van der Waals surface area contributed by atoms with Crippen LogP contribution in [0.2, 0.25) is 0 Å². The number of benzene rings is 2. The smallest absolute Gasteiger partial charge is 0.244 e. The number of rotatable bonds is 8. The number of piperidine rings is 1. The molecule has 0 bridgehead atoms. The lowest BCUT2D eigenvalue weighted by molar-refractivity contribution is -0.124. The van der Waals surface area contributed by atoms with E-state index in [-0.39, 0.29) is 30.3 Å². The van der Waals surface area contributed by atoms with Gasteiger partial charge in [0.2, 0.25) is 17.7 Å². The number of amides is 3. The van der Waals surface area contributed by atoms with Crippen molar-refractivity contribution in [3.05, 3.63) is 72.3 Å². The first-order valence-corrected chi connectivity index (χ1v) is 10.5. The third kappa shape index (κ3) is 8.06. The number of hydrogen-bond donors (Lipinski definition) is 3. The van der Waals surface area contributed by atoms with Crippen LogP contribution in [0.3, 0.4) is 0 Å². The van der Waals surface area contributed by atoms with Gasteiger partial charge in [-0.05, 0) is 36.6 Å². The van der Waals surface area contributed by atoms with Crippen LogP contribution < -0.4 is 16.0 Å². The third-order valence-electron chi connectivity index (χ3n) is 5.03. The average molecular weight is 421 g/mol. The lowest BCUT2D eigenvalue weighted by atomic mass is 10.0. The van der Waals surface area contributed by atoms with Crippen LogP contribution in [0, 0.1) is 0 Å². The molecule has 3 amide bonds. The number of carbonyl (C=O) groups excluding carboxylic acids is 3. The lowest BCUT2D eigenvalue weighted by Gasteiger charge is -2.31. The Morgan fingerprint density at radius 1 is 0.903 bits per heavy atom. The van der Waals surface area contributed by atoms with E-state index in [1.807, 2.05) is 60.7 Å². The highest BCUT2D eigenvalue weighted by Crippen LogP contribution is 2.11. The molecule has 3 rings (SSSR count). The highest BCUT2D eigenvalue weighted by atomic mass is 16.2. The van der Waals surface area contributed by atoms with E-state index in [1.54, 1.807) is 6.08 Å². The Labute approximate surface area is 182 Å². The zero-order valence-corrected chi connectivity index (χ0v) is 17.4. The molecular weight excluding hydrogens is 392 g/mol. The quantitative estimate of drug-likeness (QED) is 0.570. The normalized spacial score (nSPS) is 14.8. The van der Waals surface area contributed by atoms with Gasteiger partial charge in [0, 0.05) is 30.9 Å². The molecular formula is C24H28N4O3. The van der Waals surface area contributed by atoms with Gasteiger partial charge in [-0.15, -0.1) is 0 Å². The summed E-state index contributed by atoms with van der Waals surface area (Å²) in [6.45, 7) is 1.75. The number of likely N-dealkylation sites (tertiary alicyclic amines) is 1. The molecule has 1 aliphatic rings. The first kappa shape index (κ1) is 22.2. The molecule has 2 aromatic rings. The molecule has 0 saturated carbocycles. The Balaban J connectivity index is 1.31. The predicted octanol–water partition coefficient (Wildman–Crippen LogP) is 2.04. The molecule has 0 unspecified atom stereocenters. The first-order valence-electron chi connectivity index (χ1n) is 10.5. The van der Waals surface area contributed by atoms with E-state index in [1.165, 1.54) is 6.08 Å². The van der Waals surface area contributed by atoms with E-state index in [0.29, 0.717) is 6.54 Å². The van der Waals surface area contributed by atoms with E-state index >= 15 is 0 Å². The number of nitrogens with zero attached hydrogens (tertiary/aromatic N) is 1. The van der Waals surface area contributed by atoms with Crippen LogP contribution in [-0.4, -0.2) is 54.8 Å². The summed E-state index contributed by atoms with van der Waals surface area (Å²) in [5.41, 5.74) is 1.71. The fourth-order valence-corrected chi connectivity index (χ4v) is 3.40. The van der Waals surface area contributed by atoms with Crippen LogP contribution >= 0.6 is 0 Å². The van der Waals surface area contributed by atoms with Crippen LogP contribution in [0.25, 0.3) is 6.08 Å². The average Bonchev–Trinajstić information content (AvgIpc) is 2.79. The minimum atomic E-state index is -0.307. The molecule has 2 aromatic carbocycles. The number of nitrogens with one attached hydrogen (secondary N) is 3. The Morgan fingerprint density at radius 3 is 2.23 bits per heavy atom. The molecule has 7 nitrogen and oxygen atoms in total. The summed E-state index contributed by atoms with van der Waals surface area (Å²) in [7, 11) is 0. The number of hydrogen-bond acceptors (Lipinski definition) is 4. The van der Waals surface area contributed by atoms with Crippen molar-refractivity contribution in [2.75, 3.05) is 31.5 Å². The van der Waals surface area contributed by atoms with Gasteiger partial charge in [0.05, 0.1) is 13.1 Å². The molecule has 1 aliphatic heterocycles. The van der Waals surface area contributed by atoms with Crippen molar-refractivity contribution in [1.82, 2.24) is 15.5 Å². The van der Waals surface area contributed by atoms with E-state index in [0.717, 1.165) is 37.2 Å². The van der Waals surface area contributed by atoms with Gasteiger partial charge in [-0.1, -0.05) is 48.5 Å². The summed E-state index contributed by atoms with van der Waals surface area (Å²) in [5, 5.41) is 8.44. The van der Waals surface area contributed by atoms with Gasteiger partial charge in [0.25, 0.3) is 0 Å². The van der Waals surface area contributed by atoms with Crippen molar-refractivity contribution in [3.63, 3.8) is 0 Å². The molecule has 1 fully saturated rings. The predicted molar refractivity (Wildman–Crippen MR) is 121 cm³/mol. The Bertz CT molecular complexity index is 892. The SMILES string of the molecule is O=C(/C=C/c1ccccc1)NCC(=O)NC1CCN(CC(=O)Nc2ccccc2)CC1. The first-order chi connectivity index (χ1) is 15.1. The van der Waals surface area contributed by atoms with Crippen LogP contribution in [0.4, 0.5) is 5.69 Å². The number of para-hydroxylation sites is 1. The molecule has 0 atom stereocenters. The Morgan fingerprint density at radius 2 is 1.55 bits per heavy atom. The van der Waals surface area contributed by atoms with Crippen molar-refractivity contribution in [2.24, 2.45) is 0 Å². The second-order valence-electron chi connectivity index (χ2n) is 7.49. The highest BCUT2D eigenvalue weighted by molar-refractivity contribution is 5.94. The number of anilines is 1. The van der Waals surface area contributed by atoms with E-state index in [4.69, 9.17) is 0 Å². The second-order valence-corrected chi connectivity index (χ2v) is 7.49. The summed E-state index contributed by atoms with van der Waals surface area (Å²) >= 11 is 0. The van der Waals surface area contributed by atoms with E-state index in [9.17, 15) is 14.4 Å². The summed E-state index contributed by atoms with van der Waals surface area (Å²) in [6.07, 6.45) is 4.66. The molecule has 1 heterocycles. The Hall–Kier alpha value is -3.45. The maximum atomic E-state index is 12.2.